The molecular formula is C18H21Li. The first-order chi connectivity index (χ1) is 8.65. The first-order valence-electron chi connectivity index (χ1n) is 7.06. The van der Waals surface area contributed by atoms with E-state index in [-0.39, 0.29) is 18.9 Å². The second-order valence-corrected chi connectivity index (χ2v) is 5.52. The average Bonchev–Trinajstić information content (AvgIpc) is 3.00. The molecule has 1 heteroatoms. The van der Waals surface area contributed by atoms with Crippen molar-refractivity contribution in [2.75, 3.05) is 0 Å². The third-order valence-electron chi connectivity index (χ3n) is 4.55. The molecule has 0 fully saturated rings. The van der Waals surface area contributed by atoms with Crippen LogP contribution in [0.25, 0.3) is 16.8 Å². The molecule has 0 nitrogen and oxygen atoms in total. The van der Waals surface area contributed by atoms with Gasteiger partial charge < -0.3 is 0 Å². The predicted molar refractivity (Wildman–Crippen MR) is 80.4 cm³/mol. The Morgan fingerprint density at radius 3 is 2.47 bits per heavy atom. The zero-order valence-corrected chi connectivity index (χ0v) is 12.9. The van der Waals surface area contributed by atoms with Crippen LogP contribution in [-0.2, 0) is 12.8 Å². The van der Waals surface area contributed by atoms with Crippen LogP contribution >= 0.6 is 0 Å². The quantitative estimate of drug-likeness (QED) is 0.560. The van der Waals surface area contributed by atoms with Crippen LogP contribution in [0.15, 0.2) is 17.7 Å². The number of allylic oxidation sites excluding steroid dienone is 1. The van der Waals surface area contributed by atoms with Crippen molar-refractivity contribution >= 4 is 16.8 Å². The molecule has 0 amide bonds. The molecule has 3 rings (SSSR count). The number of fused-ring (bicyclic) bond motifs is 2. The molecule has 0 N–H and O–H groups in total. The van der Waals surface area contributed by atoms with Crippen LogP contribution in [-0.4, -0.2) is 0 Å². The van der Waals surface area contributed by atoms with Crippen molar-refractivity contribution in [2.45, 2.75) is 47.0 Å². The summed E-state index contributed by atoms with van der Waals surface area (Å²) >= 11 is 0. The first-order valence-corrected chi connectivity index (χ1v) is 7.06. The summed E-state index contributed by atoms with van der Waals surface area (Å²) in [6.45, 7) is 9.08. The molecule has 0 aliphatic heterocycles. The molecule has 0 radical (unpaired) electrons. The Balaban J connectivity index is 0.00000133. The molecule has 0 saturated carbocycles. The number of hydrogen-bond donors (Lipinski definition) is 0. The fourth-order valence-corrected chi connectivity index (χ4v) is 3.26. The Kier molecular flexibility index (Phi) is 4.05. The van der Waals surface area contributed by atoms with E-state index < -0.39 is 0 Å². The zero-order chi connectivity index (χ0) is 12.9. The number of rotatable bonds is 2. The van der Waals surface area contributed by atoms with Gasteiger partial charge >= 0.3 is 18.9 Å². The van der Waals surface area contributed by atoms with Crippen LogP contribution in [0.4, 0.5) is 0 Å². The van der Waals surface area contributed by atoms with E-state index in [9.17, 15) is 0 Å². The van der Waals surface area contributed by atoms with Gasteiger partial charge in [0.15, 0.2) is 0 Å². The Bertz CT molecular complexity index is 656. The van der Waals surface area contributed by atoms with E-state index in [0.717, 1.165) is 6.42 Å². The minimum absolute atomic E-state index is 0. The van der Waals surface area contributed by atoms with Gasteiger partial charge in [-0.1, -0.05) is 49.1 Å². The maximum atomic E-state index is 2.43. The topological polar surface area (TPSA) is 0 Å². The molecule has 19 heavy (non-hydrogen) atoms. The molecule has 1 aliphatic rings. The van der Waals surface area contributed by atoms with Crippen LogP contribution in [0.2, 0.25) is 0 Å². The molecule has 0 aromatic heterocycles. The molecule has 2 aromatic carbocycles. The number of benzene rings is 1. The van der Waals surface area contributed by atoms with Gasteiger partial charge in [0.05, 0.1) is 0 Å². The molecule has 0 spiro atoms. The summed E-state index contributed by atoms with van der Waals surface area (Å²) < 4.78 is 0. The monoisotopic (exact) mass is 244 g/mol. The van der Waals surface area contributed by atoms with E-state index in [1.807, 2.05) is 0 Å². The molecule has 0 atom stereocenters. The van der Waals surface area contributed by atoms with E-state index in [0.29, 0.717) is 0 Å². The van der Waals surface area contributed by atoms with Crippen molar-refractivity contribution in [1.29, 1.82) is 0 Å². The van der Waals surface area contributed by atoms with Crippen LogP contribution in [0.5, 0.6) is 0 Å². The van der Waals surface area contributed by atoms with Gasteiger partial charge in [-0.2, -0.15) is 6.07 Å². The fraction of sp³-hybridized carbons (Fsp3) is 0.389. The average molecular weight is 244 g/mol. The van der Waals surface area contributed by atoms with Gasteiger partial charge in [0.1, 0.15) is 0 Å². The number of hydrogen-bond acceptors (Lipinski definition) is 0. The molecule has 2 aromatic rings. The molecule has 0 bridgehead atoms. The van der Waals surface area contributed by atoms with E-state index in [2.05, 4.69) is 45.9 Å². The normalized spacial score (nSPS) is 13.4. The Morgan fingerprint density at radius 2 is 1.84 bits per heavy atom. The molecular weight excluding hydrogens is 223 g/mol. The van der Waals surface area contributed by atoms with E-state index in [4.69, 9.17) is 0 Å². The summed E-state index contributed by atoms with van der Waals surface area (Å²) in [5, 5.41) is 2.95. The summed E-state index contributed by atoms with van der Waals surface area (Å²) in [7, 11) is 0. The van der Waals surface area contributed by atoms with Crippen molar-refractivity contribution in [2.24, 2.45) is 0 Å². The third-order valence-corrected chi connectivity index (χ3v) is 4.55. The fourth-order valence-electron chi connectivity index (χ4n) is 3.26. The van der Waals surface area contributed by atoms with Crippen molar-refractivity contribution in [3.05, 3.63) is 45.5 Å². The largest absolute Gasteiger partial charge is 1.00 e. The number of aryl methyl sites for hydroxylation is 3. The van der Waals surface area contributed by atoms with Gasteiger partial charge in [-0.05, 0) is 26.2 Å². The van der Waals surface area contributed by atoms with E-state index in [1.165, 1.54) is 45.9 Å². The minimum atomic E-state index is 0. The molecule has 0 saturated heterocycles. The van der Waals surface area contributed by atoms with E-state index in [1.54, 1.807) is 11.1 Å². The van der Waals surface area contributed by atoms with Crippen LogP contribution in [0.3, 0.4) is 0 Å². The summed E-state index contributed by atoms with van der Waals surface area (Å²) in [4.78, 5) is 0. The van der Waals surface area contributed by atoms with Crippen LogP contribution < -0.4 is 18.9 Å². The van der Waals surface area contributed by atoms with Crippen LogP contribution in [0.1, 0.15) is 48.1 Å². The second kappa shape index (κ2) is 5.27. The summed E-state index contributed by atoms with van der Waals surface area (Å²) in [5.74, 6) is 0. The Hall–Kier alpha value is -0.833. The maximum absolute atomic E-state index is 2.43. The Morgan fingerprint density at radius 1 is 1.11 bits per heavy atom. The molecule has 1 aliphatic carbocycles. The van der Waals surface area contributed by atoms with Gasteiger partial charge in [0, 0.05) is 0 Å². The maximum Gasteiger partial charge on any atom is 1.00 e. The van der Waals surface area contributed by atoms with Crippen molar-refractivity contribution < 1.29 is 18.9 Å². The standard InChI is InChI=1S/C18H21.Li/c1-5-13-7-15-11(3)17-9-14(6-2)10-18(17)12(4)16(15)8-13;/h7-9H,5-6,10H2,1-4H3;/q-1;+1. The van der Waals surface area contributed by atoms with Crippen molar-refractivity contribution in [3.63, 3.8) is 0 Å². The molecule has 0 unspecified atom stereocenters. The van der Waals surface area contributed by atoms with Gasteiger partial charge in [-0.15, -0.1) is 28.0 Å². The second-order valence-electron chi connectivity index (χ2n) is 5.52. The van der Waals surface area contributed by atoms with E-state index >= 15 is 0 Å². The Labute approximate surface area is 128 Å². The van der Waals surface area contributed by atoms with Gasteiger partial charge in [0.2, 0.25) is 0 Å². The SMILES string of the molecule is CCC1=Cc2c(c(C)c3cc(CC)[cH-]c3c2C)C1.[Li+]. The van der Waals surface area contributed by atoms with Gasteiger partial charge in [0.25, 0.3) is 0 Å². The van der Waals surface area contributed by atoms with Crippen LogP contribution in [0, 0.1) is 13.8 Å². The summed E-state index contributed by atoms with van der Waals surface area (Å²) in [6.07, 6.45) is 5.91. The predicted octanol–water partition coefficient (Wildman–Crippen LogP) is 2.09. The minimum Gasteiger partial charge on any atom is -0.165 e. The van der Waals surface area contributed by atoms with Gasteiger partial charge in [-0.25, -0.2) is 0 Å². The summed E-state index contributed by atoms with van der Waals surface area (Å²) in [6, 6.07) is 4.78. The molecule has 0 heterocycles. The van der Waals surface area contributed by atoms with Crippen molar-refractivity contribution in [1.82, 2.24) is 0 Å². The molecule has 94 valence electrons. The third kappa shape index (κ3) is 2.12. The first kappa shape index (κ1) is 14.6. The van der Waals surface area contributed by atoms with Gasteiger partial charge in [-0.3, -0.25) is 0 Å². The smallest absolute Gasteiger partial charge is 0.165 e. The zero-order valence-electron chi connectivity index (χ0n) is 12.9. The van der Waals surface area contributed by atoms with Crippen molar-refractivity contribution in [3.8, 4) is 0 Å². The summed E-state index contributed by atoms with van der Waals surface area (Å²) in [5.41, 5.74) is 9.12.